The molecular formula is C6H10N2O2. The highest BCUT2D eigenvalue weighted by Crippen LogP contribution is 2.19. The monoisotopic (exact) mass is 142 g/mol. The number of oxime groups is 2. The van der Waals surface area contributed by atoms with E-state index in [1.165, 1.54) is 0 Å². The minimum absolute atomic E-state index is 0.218. The molecule has 1 atom stereocenters. The van der Waals surface area contributed by atoms with Crippen LogP contribution in [-0.4, -0.2) is 21.8 Å². The molecule has 1 saturated carbocycles. The van der Waals surface area contributed by atoms with Crippen molar-refractivity contribution in [2.45, 2.75) is 19.8 Å². The fourth-order valence-corrected chi connectivity index (χ4v) is 1.16. The summed E-state index contributed by atoms with van der Waals surface area (Å²) in [4.78, 5) is 0. The maximum Gasteiger partial charge on any atom is 0.107 e. The third-order valence-electron chi connectivity index (χ3n) is 1.81. The van der Waals surface area contributed by atoms with Gasteiger partial charge in [0.2, 0.25) is 0 Å². The summed E-state index contributed by atoms with van der Waals surface area (Å²) in [5, 5.41) is 22.9. The van der Waals surface area contributed by atoms with Gasteiger partial charge < -0.3 is 10.4 Å². The van der Waals surface area contributed by atoms with E-state index in [-0.39, 0.29) is 5.92 Å². The Morgan fingerprint density at radius 2 is 2.10 bits per heavy atom. The Bertz CT molecular complexity index is 186. The van der Waals surface area contributed by atoms with E-state index in [0.717, 1.165) is 6.42 Å². The van der Waals surface area contributed by atoms with Crippen LogP contribution in [0.1, 0.15) is 19.8 Å². The Balaban J connectivity index is 2.84. The third-order valence-corrected chi connectivity index (χ3v) is 1.81. The molecule has 0 aromatic rings. The molecular weight excluding hydrogens is 132 g/mol. The lowest BCUT2D eigenvalue weighted by Crippen LogP contribution is -2.11. The van der Waals surface area contributed by atoms with Crippen LogP contribution in [0.25, 0.3) is 0 Å². The molecule has 0 aromatic heterocycles. The van der Waals surface area contributed by atoms with Crippen LogP contribution in [0.2, 0.25) is 0 Å². The summed E-state index contributed by atoms with van der Waals surface area (Å²) in [6, 6.07) is 0. The van der Waals surface area contributed by atoms with Crippen molar-refractivity contribution in [1.82, 2.24) is 0 Å². The Labute approximate surface area is 58.8 Å². The van der Waals surface area contributed by atoms with Gasteiger partial charge in [-0.05, 0) is 12.8 Å². The van der Waals surface area contributed by atoms with Crippen molar-refractivity contribution in [2.75, 3.05) is 0 Å². The number of hydrogen-bond acceptors (Lipinski definition) is 4. The van der Waals surface area contributed by atoms with Crippen LogP contribution < -0.4 is 0 Å². The summed E-state index contributed by atoms with van der Waals surface area (Å²) in [5.74, 6) is 0.218. The van der Waals surface area contributed by atoms with Gasteiger partial charge in [0.15, 0.2) is 0 Å². The quantitative estimate of drug-likeness (QED) is 0.392. The van der Waals surface area contributed by atoms with Crippen LogP contribution in [0.3, 0.4) is 0 Å². The van der Waals surface area contributed by atoms with Crippen molar-refractivity contribution in [3.8, 4) is 0 Å². The molecule has 1 rings (SSSR count). The van der Waals surface area contributed by atoms with Gasteiger partial charge in [-0.2, -0.15) is 0 Å². The van der Waals surface area contributed by atoms with Crippen LogP contribution in [-0.2, 0) is 0 Å². The lowest BCUT2D eigenvalue weighted by Gasteiger charge is -1.97. The topological polar surface area (TPSA) is 65.2 Å². The van der Waals surface area contributed by atoms with Crippen molar-refractivity contribution in [1.29, 1.82) is 0 Å². The molecule has 1 fully saturated rings. The first-order valence-electron chi connectivity index (χ1n) is 3.23. The van der Waals surface area contributed by atoms with Gasteiger partial charge in [-0.3, -0.25) is 0 Å². The second kappa shape index (κ2) is 2.68. The highest BCUT2D eigenvalue weighted by atomic mass is 16.4. The molecule has 10 heavy (non-hydrogen) atoms. The standard InChI is InChI=1S/C6H10N2O2/c1-4-2-3-5(7-9)6(4)8-10/h4,9-10H,2-3H2,1H3/b7-5+,8-6+. The minimum Gasteiger partial charge on any atom is -0.411 e. The maximum absolute atomic E-state index is 8.43. The molecule has 2 N–H and O–H groups in total. The maximum atomic E-state index is 8.43. The smallest absolute Gasteiger partial charge is 0.107 e. The summed E-state index contributed by atoms with van der Waals surface area (Å²) in [6.45, 7) is 1.94. The van der Waals surface area contributed by atoms with Crippen LogP contribution in [0.15, 0.2) is 10.3 Å². The molecule has 1 aliphatic rings. The first-order valence-corrected chi connectivity index (χ1v) is 3.23. The Kier molecular flexibility index (Phi) is 1.89. The van der Waals surface area contributed by atoms with Gasteiger partial charge in [-0.1, -0.05) is 17.2 Å². The average molecular weight is 142 g/mol. The Hall–Kier alpha value is -1.06. The van der Waals surface area contributed by atoms with Crippen molar-refractivity contribution in [3.63, 3.8) is 0 Å². The summed E-state index contributed by atoms with van der Waals surface area (Å²) in [6.07, 6.45) is 1.61. The molecule has 1 aliphatic carbocycles. The molecule has 0 amide bonds. The van der Waals surface area contributed by atoms with Crippen LogP contribution in [0.4, 0.5) is 0 Å². The van der Waals surface area contributed by atoms with Crippen molar-refractivity contribution < 1.29 is 10.4 Å². The lowest BCUT2D eigenvalue weighted by molar-refractivity contribution is 0.313. The van der Waals surface area contributed by atoms with E-state index >= 15 is 0 Å². The lowest BCUT2D eigenvalue weighted by atomic mass is 10.1. The molecule has 0 spiro atoms. The van der Waals surface area contributed by atoms with Gasteiger partial charge in [0.1, 0.15) is 11.4 Å². The normalized spacial score (nSPS) is 33.9. The van der Waals surface area contributed by atoms with Crippen LogP contribution >= 0.6 is 0 Å². The Morgan fingerprint density at radius 3 is 2.50 bits per heavy atom. The van der Waals surface area contributed by atoms with E-state index in [0.29, 0.717) is 17.8 Å². The zero-order chi connectivity index (χ0) is 7.56. The number of hydrogen-bond donors (Lipinski definition) is 2. The van der Waals surface area contributed by atoms with Gasteiger partial charge in [-0.15, -0.1) is 0 Å². The molecule has 1 unspecified atom stereocenters. The van der Waals surface area contributed by atoms with E-state index in [9.17, 15) is 0 Å². The second-order valence-electron chi connectivity index (χ2n) is 2.47. The average Bonchev–Trinajstić information content (AvgIpc) is 2.30. The molecule has 4 heteroatoms. The first kappa shape index (κ1) is 7.05. The van der Waals surface area contributed by atoms with E-state index in [4.69, 9.17) is 10.4 Å². The van der Waals surface area contributed by atoms with E-state index in [2.05, 4.69) is 10.3 Å². The summed E-state index contributed by atoms with van der Waals surface area (Å²) in [5.41, 5.74) is 1.03. The van der Waals surface area contributed by atoms with E-state index < -0.39 is 0 Å². The molecule has 0 heterocycles. The molecule has 0 bridgehead atoms. The SMILES string of the molecule is CC1CCC(=N\O)/C1=N/O. The molecule has 4 nitrogen and oxygen atoms in total. The fourth-order valence-electron chi connectivity index (χ4n) is 1.16. The number of rotatable bonds is 0. The van der Waals surface area contributed by atoms with Gasteiger partial charge in [0, 0.05) is 5.92 Å². The highest BCUT2D eigenvalue weighted by Gasteiger charge is 2.25. The molecule has 0 saturated heterocycles. The van der Waals surface area contributed by atoms with Crippen molar-refractivity contribution in [2.24, 2.45) is 16.2 Å². The zero-order valence-corrected chi connectivity index (χ0v) is 5.78. The first-order chi connectivity index (χ1) is 4.79. The van der Waals surface area contributed by atoms with E-state index in [1.54, 1.807) is 0 Å². The van der Waals surface area contributed by atoms with Gasteiger partial charge >= 0.3 is 0 Å². The molecule has 0 aliphatic heterocycles. The second-order valence-corrected chi connectivity index (χ2v) is 2.47. The fraction of sp³-hybridized carbons (Fsp3) is 0.667. The number of nitrogens with zero attached hydrogens (tertiary/aromatic N) is 2. The largest absolute Gasteiger partial charge is 0.411 e. The molecule has 56 valence electrons. The summed E-state index contributed by atoms with van der Waals surface area (Å²) < 4.78 is 0. The van der Waals surface area contributed by atoms with Crippen LogP contribution in [0, 0.1) is 5.92 Å². The summed E-state index contributed by atoms with van der Waals surface area (Å²) >= 11 is 0. The Morgan fingerprint density at radius 1 is 1.40 bits per heavy atom. The highest BCUT2D eigenvalue weighted by molar-refractivity contribution is 6.44. The van der Waals surface area contributed by atoms with Gasteiger partial charge in [0.05, 0.1) is 0 Å². The molecule has 0 radical (unpaired) electrons. The predicted molar refractivity (Wildman–Crippen MR) is 36.8 cm³/mol. The van der Waals surface area contributed by atoms with Crippen LogP contribution in [0.5, 0.6) is 0 Å². The van der Waals surface area contributed by atoms with Gasteiger partial charge in [0.25, 0.3) is 0 Å². The van der Waals surface area contributed by atoms with Gasteiger partial charge in [-0.25, -0.2) is 0 Å². The summed E-state index contributed by atoms with van der Waals surface area (Å²) in [7, 11) is 0. The predicted octanol–water partition coefficient (Wildman–Crippen LogP) is 1.08. The van der Waals surface area contributed by atoms with Crippen molar-refractivity contribution in [3.05, 3.63) is 0 Å². The zero-order valence-electron chi connectivity index (χ0n) is 5.78. The minimum atomic E-state index is 0.218. The third kappa shape index (κ3) is 0.964. The van der Waals surface area contributed by atoms with E-state index in [1.807, 2.05) is 6.92 Å². The van der Waals surface area contributed by atoms with Crippen molar-refractivity contribution >= 4 is 11.4 Å². The molecule has 0 aromatic carbocycles.